The molecule has 2 saturated heterocycles. The Bertz CT molecular complexity index is 271. The summed E-state index contributed by atoms with van der Waals surface area (Å²) in [6.45, 7) is 0. The predicted molar refractivity (Wildman–Crippen MR) is 54.1 cm³/mol. The zero-order chi connectivity index (χ0) is 9.05. The van der Waals surface area contributed by atoms with Crippen molar-refractivity contribution in [2.24, 2.45) is 17.6 Å². The number of hydrogen-bond donors (Lipinski definition) is 1. The molecule has 14 heavy (non-hydrogen) atoms. The van der Waals surface area contributed by atoms with Crippen LogP contribution in [0.3, 0.4) is 0 Å². The van der Waals surface area contributed by atoms with Crippen molar-refractivity contribution in [2.75, 3.05) is 0 Å². The fourth-order valence-corrected chi connectivity index (χ4v) is 3.50. The van der Waals surface area contributed by atoms with Gasteiger partial charge in [0.05, 0.1) is 5.92 Å². The smallest absolute Gasteiger partial charge is 0.309 e. The quantitative estimate of drug-likeness (QED) is 0.622. The van der Waals surface area contributed by atoms with Crippen molar-refractivity contribution in [1.29, 1.82) is 0 Å². The van der Waals surface area contributed by atoms with Crippen LogP contribution in [0.25, 0.3) is 0 Å². The fraction of sp³-hybridized carbons (Fsp3) is 0.900. The molecule has 2 N–H and O–H groups in total. The van der Waals surface area contributed by atoms with Crippen molar-refractivity contribution in [3.05, 3.63) is 0 Å². The van der Waals surface area contributed by atoms with Crippen LogP contribution in [0.15, 0.2) is 0 Å². The molecule has 4 aliphatic rings. The molecule has 0 aromatic rings. The van der Waals surface area contributed by atoms with E-state index in [1.807, 2.05) is 0 Å². The lowest BCUT2D eigenvalue weighted by Crippen LogP contribution is -2.51. The van der Waals surface area contributed by atoms with Crippen molar-refractivity contribution in [3.8, 4) is 0 Å². The Labute approximate surface area is 89.8 Å². The van der Waals surface area contributed by atoms with Gasteiger partial charge in [-0.25, -0.2) is 0 Å². The maximum Gasteiger partial charge on any atom is 0.309 e. The highest BCUT2D eigenvalue weighted by molar-refractivity contribution is 5.85. The number of ether oxygens (including phenoxy) is 1. The zero-order valence-electron chi connectivity index (χ0n) is 8.07. The first-order valence-electron chi connectivity index (χ1n) is 5.14. The topological polar surface area (TPSA) is 52.3 Å². The minimum Gasteiger partial charge on any atom is -0.462 e. The second-order valence-electron chi connectivity index (χ2n) is 5.07. The molecule has 3 nitrogen and oxygen atoms in total. The largest absolute Gasteiger partial charge is 0.462 e. The van der Waals surface area contributed by atoms with Gasteiger partial charge in [-0.05, 0) is 31.6 Å². The van der Waals surface area contributed by atoms with Crippen molar-refractivity contribution in [2.45, 2.75) is 43.7 Å². The van der Waals surface area contributed by atoms with Crippen LogP contribution in [0.2, 0.25) is 0 Å². The Morgan fingerprint density at radius 1 is 1.29 bits per heavy atom. The van der Waals surface area contributed by atoms with E-state index in [0.29, 0.717) is 5.92 Å². The highest BCUT2D eigenvalue weighted by Gasteiger charge is 2.50. The molecule has 0 unspecified atom stereocenters. The molecule has 2 aliphatic carbocycles. The minimum absolute atomic E-state index is 0. The van der Waals surface area contributed by atoms with Crippen LogP contribution in [0, 0.1) is 11.8 Å². The Balaban J connectivity index is 0.000000750. The summed E-state index contributed by atoms with van der Waals surface area (Å²) in [5.74, 6) is 0.768. The van der Waals surface area contributed by atoms with Gasteiger partial charge in [-0.2, -0.15) is 0 Å². The van der Waals surface area contributed by atoms with Gasteiger partial charge in [0.2, 0.25) is 0 Å². The number of esters is 1. The summed E-state index contributed by atoms with van der Waals surface area (Å²) in [6, 6.07) is 0. The molecule has 80 valence electrons. The summed E-state index contributed by atoms with van der Waals surface area (Å²) in [5.41, 5.74) is 6.17. The van der Waals surface area contributed by atoms with Crippen LogP contribution in [-0.2, 0) is 9.53 Å². The van der Waals surface area contributed by atoms with Crippen molar-refractivity contribution in [1.82, 2.24) is 0 Å². The van der Waals surface area contributed by atoms with E-state index in [4.69, 9.17) is 10.5 Å². The van der Waals surface area contributed by atoms with Gasteiger partial charge in [-0.1, -0.05) is 0 Å². The standard InChI is InChI=1S/C10H15NO2.ClH/c11-10-3-6-1-7(4-10)9(12)13-8(2-6)5-10;/h6-8H,1-5,11H2;1H/t6-,7-,8+,10-;/m0./s1. The Morgan fingerprint density at radius 3 is 2.79 bits per heavy atom. The molecule has 0 aromatic heterocycles. The molecule has 2 aliphatic heterocycles. The average Bonchev–Trinajstić information content (AvgIpc) is 2.12. The molecule has 2 heterocycles. The first-order valence-corrected chi connectivity index (χ1v) is 5.14. The molecule has 0 radical (unpaired) electrons. The molecule has 4 bridgehead atoms. The fourth-order valence-electron chi connectivity index (χ4n) is 3.50. The van der Waals surface area contributed by atoms with Gasteiger partial charge in [0.25, 0.3) is 0 Å². The molecule has 0 spiro atoms. The molecule has 4 rings (SSSR count). The number of fused-ring (bicyclic) bond motifs is 1. The van der Waals surface area contributed by atoms with Crippen LogP contribution in [0.5, 0.6) is 0 Å². The van der Waals surface area contributed by atoms with Gasteiger partial charge in [0.1, 0.15) is 6.10 Å². The third kappa shape index (κ3) is 1.43. The average molecular weight is 218 g/mol. The number of rotatable bonds is 0. The lowest BCUT2D eigenvalue weighted by Gasteiger charge is -2.43. The number of hydrogen-bond acceptors (Lipinski definition) is 3. The van der Waals surface area contributed by atoms with E-state index >= 15 is 0 Å². The maximum atomic E-state index is 11.5. The van der Waals surface area contributed by atoms with Gasteiger partial charge in [0.15, 0.2) is 0 Å². The number of halogens is 1. The van der Waals surface area contributed by atoms with Crippen LogP contribution in [0.1, 0.15) is 32.1 Å². The van der Waals surface area contributed by atoms with Crippen molar-refractivity contribution < 1.29 is 9.53 Å². The van der Waals surface area contributed by atoms with E-state index < -0.39 is 0 Å². The molecule has 0 amide bonds. The summed E-state index contributed by atoms with van der Waals surface area (Å²) in [7, 11) is 0. The molecule has 4 atom stereocenters. The van der Waals surface area contributed by atoms with E-state index in [1.54, 1.807) is 0 Å². The summed E-state index contributed by atoms with van der Waals surface area (Å²) >= 11 is 0. The van der Waals surface area contributed by atoms with Gasteiger partial charge < -0.3 is 10.5 Å². The monoisotopic (exact) mass is 217 g/mol. The van der Waals surface area contributed by atoms with Crippen LogP contribution >= 0.6 is 12.4 Å². The zero-order valence-corrected chi connectivity index (χ0v) is 8.89. The summed E-state index contributed by atoms with van der Waals surface area (Å²) in [5, 5.41) is 0. The normalized spacial score (nSPS) is 49.5. The number of carbonyl (C=O) groups is 1. The molecular weight excluding hydrogens is 202 g/mol. The SMILES string of the molecule is Cl.N[C@]12C[C@@H]3C[C@H](C1)OC(=O)[C@@H](C3)C2. The Hall–Kier alpha value is -0.280. The summed E-state index contributed by atoms with van der Waals surface area (Å²) < 4.78 is 5.38. The van der Waals surface area contributed by atoms with Gasteiger partial charge >= 0.3 is 5.97 Å². The minimum atomic E-state index is -0.0807. The summed E-state index contributed by atoms with van der Waals surface area (Å²) in [4.78, 5) is 11.5. The maximum absolute atomic E-state index is 11.5. The first-order chi connectivity index (χ1) is 6.15. The van der Waals surface area contributed by atoms with Gasteiger partial charge in [0, 0.05) is 12.0 Å². The third-order valence-corrected chi connectivity index (χ3v) is 3.81. The second-order valence-corrected chi connectivity index (χ2v) is 5.07. The third-order valence-electron chi connectivity index (χ3n) is 3.81. The molecule has 4 heteroatoms. The van der Waals surface area contributed by atoms with E-state index in [0.717, 1.165) is 32.1 Å². The number of nitrogens with two attached hydrogens (primary N) is 1. The van der Waals surface area contributed by atoms with Gasteiger partial charge in [-0.3, -0.25) is 4.79 Å². The van der Waals surface area contributed by atoms with Gasteiger partial charge in [-0.15, -0.1) is 12.4 Å². The van der Waals surface area contributed by atoms with E-state index in [1.165, 1.54) is 0 Å². The van der Waals surface area contributed by atoms with E-state index in [9.17, 15) is 4.79 Å². The predicted octanol–water partition coefficient (Wildman–Crippen LogP) is 1.24. The van der Waals surface area contributed by atoms with Crippen molar-refractivity contribution in [3.63, 3.8) is 0 Å². The number of carbonyl (C=O) groups excluding carboxylic acids is 1. The molecule has 4 fully saturated rings. The Morgan fingerprint density at radius 2 is 2.07 bits per heavy atom. The lowest BCUT2D eigenvalue weighted by molar-refractivity contribution is -0.151. The molecular formula is C10H16ClNO2. The highest BCUT2D eigenvalue weighted by atomic mass is 35.5. The van der Waals surface area contributed by atoms with Crippen molar-refractivity contribution >= 4 is 18.4 Å². The lowest BCUT2D eigenvalue weighted by atomic mass is 9.64. The molecule has 2 saturated carbocycles. The highest BCUT2D eigenvalue weighted by Crippen LogP contribution is 2.48. The second kappa shape index (κ2) is 3.11. The van der Waals surface area contributed by atoms with Crippen LogP contribution < -0.4 is 5.73 Å². The molecule has 0 aromatic carbocycles. The van der Waals surface area contributed by atoms with Crippen LogP contribution in [-0.4, -0.2) is 17.6 Å². The summed E-state index contributed by atoms with van der Waals surface area (Å²) in [6.07, 6.45) is 5.07. The Kier molecular flexibility index (Phi) is 2.27. The first kappa shape index (κ1) is 10.2. The van der Waals surface area contributed by atoms with E-state index in [-0.39, 0.29) is 35.9 Å². The van der Waals surface area contributed by atoms with Crippen LogP contribution in [0.4, 0.5) is 0 Å². The van der Waals surface area contributed by atoms with E-state index in [2.05, 4.69) is 0 Å².